The lowest BCUT2D eigenvalue weighted by molar-refractivity contribution is 0.284. The molecule has 0 aliphatic carbocycles. The van der Waals surface area contributed by atoms with E-state index in [0.29, 0.717) is 5.92 Å². The molecule has 0 aliphatic heterocycles. The van der Waals surface area contributed by atoms with Crippen molar-refractivity contribution in [2.24, 2.45) is 5.92 Å². The highest BCUT2D eigenvalue weighted by molar-refractivity contribution is 9.09. The van der Waals surface area contributed by atoms with Crippen molar-refractivity contribution < 1.29 is 9.47 Å². The maximum Gasteiger partial charge on any atom is 0.122 e. The van der Waals surface area contributed by atoms with Gasteiger partial charge in [-0.15, -0.1) is 0 Å². The third kappa shape index (κ3) is 5.09. The number of rotatable bonds is 8. The molecule has 3 heteroatoms. The average Bonchev–Trinajstić information content (AvgIpc) is 2.55. The van der Waals surface area contributed by atoms with E-state index in [4.69, 9.17) is 9.47 Å². The van der Waals surface area contributed by atoms with Crippen molar-refractivity contribution in [2.45, 2.75) is 12.8 Å². The SMILES string of the molecule is COc1ccccc1CC(CBr)CCOc1ccccc1. The summed E-state index contributed by atoms with van der Waals surface area (Å²) in [6, 6.07) is 18.2. The van der Waals surface area contributed by atoms with Crippen molar-refractivity contribution in [1.29, 1.82) is 0 Å². The second-order valence-electron chi connectivity index (χ2n) is 4.99. The fourth-order valence-electron chi connectivity index (χ4n) is 2.28. The van der Waals surface area contributed by atoms with E-state index in [2.05, 4.69) is 28.1 Å². The second-order valence-corrected chi connectivity index (χ2v) is 5.63. The summed E-state index contributed by atoms with van der Waals surface area (Å²) in [6.07, 6.45) is 2.01. The summed E-state index contributed by atoms with van der Waals surface area (Å²) in [5, 5.41) is 0.962. The molecule has 0 N–H and O–H groups in total. The largest absolute Gasteiger partial charge is 0.496 e. The molecule has 0 aliphatic rings. The minimum Gasteiger partial charge on any atom is -0.496 e. The van der Waals surface area contributed by atoms with Crippen molar-refractivity contribution in [3.63, 3.8) is 0 Å². The summed E-state index contributed by atoms with van der Waals surface area (Å²) in [6.45, 7) is 0.732. The number of hydrogen-bond acceptors (Lipinski definition) is 2. The summed E-state index contributed by atoms with van der Waals surface area (Å²) in [5.74, 6) is 2.43. The molecule has 0 fully saturated rings. The highest BCUT2D eigenvalue weighted by atomic mass is 79.9. The number of halogens is 1. The summed E-state index contributed by atoms with van der Waals surface area (Å²) in [5.41, 5.74) is 1.25. The van der Waals surface area contributed by atoms with Crippen molar-refractivity contribution in [1.82, 2.24) is 0 Å². The van der Waals surface area contributed by atoms with Crippen LogP contribution in [0.25, 0.3) is 0 Å². The van der Waals surface area contributed by atoms with E-state index in [-0.39, 0.29) is 0 Å². The zero-order valence-corrected chi connectivity index (χ0v) is 13.9. The van der Waals surface area contributed by atoms with Crippen molar-refractivity contribution in [2.75, 3.05) is 19.0 Å². The van der Waals surface area contributed by atoms with Gasteiger partial charge in [0, 0.05) is 5.33 Å². The van der Waals surface area contributed by atoms with E-state index in [0.717, 1.165) is 36.3 Å². The van der Waals surface area contributed by atoms with Gasteiger partial charge < -0.3 is 9.47 Å². The van der Waals surface area contributed by atoms with Gasteiger partial charge in [0.15, 0.2) is 0 Å². The smallest absolute Gasteiger partial charge is 0.122 e. The Morgan fingerprint density at radius 2 is 1.71 bits per heavy atom. The van der Waals surface area contributed by atoms with Gasteiger partial charge in [-0.2, -0.15) is 0 Å². The van der Waals surface area contributed by atoms with Gasteiger partial charge in [0.25, 0.3) is 0 Å². The molecule has 1 atom stereocenters. The van der Waals surface area contributed by atoms with E-state index >= 15 is 0 Å². The predicted octanol–water partition coefficient (Wildman–Crippen LogP) is 4.72. The molecule has 0 spiro atoms. The van der Waals surface area contributed by atoms with Crippen LogP contribution in [0.4, 0.5) is 0 Å². The molecular weight excluding hydrogens is 328 g/mol. The zero-order valence-electron chi connectivity index (χ0n) is 12.3. The van der Waals surface area contributed by atoms with Crippen LogP contribution >= 0.6 is 15.9 Å². The van der Waals surface area contributed by atoms with Gasteiger partial charge in [-0.3, -0.25) is 0 Å². The van der Waals surface area contributed by atoms with Gasteiger partial charge >= 0.3 is 0 Å². The van der Waals surface area contributed by atoms with Gasteiger partial charge in [-0.1, -0.05) is 52.3 Å². The van der Waals surface area contributed by atoms with Gasteiger partial charge in [-0.05, 0) is 42.5 Å². The molecule has 0 saturated heterocycles. The first-order valence-electron chi connectivity index (χ1n) is 7.19. The Bertz CT molecular complexity index is 528. The average molecular weight is 349 g/mol. The topological polar surface area (TPSA) is 18.5 Å². The normalized spacial score (nSPS) is 11.9. The minimum atomic E-state index is 0.532. The molecule has 2 aromatic carbocycles. The lowest BCUT2D eigenvalue weighted by Gasteiger charge is -2.16. The molecule has 112 valence electrons. The Labute approximate surface area is 135 Å². The quantitative estimate of drug-likeness (QED) is 0.642. The Hall–Kier alpha value is -1.48. The highest BCUT2D eigenvalue weighted by Crippen LogP contribution is 2.23. The Morgan fingerprint density at radius 3 is 2.43 bits per heavy atom. The Balaban J connectivity index is 1.85. The first-order valence-corrected chi connectivity index (χ1v) is 8.31. The molecule has 2 aromatic rings. The van der Waals surface area contributed by atoms with Crippen LogP contribution in [-0.4, -0.2) is 19.0 Å². The van der Waals surface area contributed by atoms with Crippen LogP contribution in [0.1, 0.15) is 12.0 Å². The number of alkyl halides is 1. The standard InChI is InChI=1S/C18H21BrO2/c1-20-18-10-6-5-7-16(18)13-15(14-19)11-12-21-17-8-3-2-4-9-17/h2-10,15H,11-14H2,1H3. The van der Waals surface area contributed by atoms with Gasteiger partial charge in [-0.25, -0.2) is 0 Å². The number of hydrogen-bond donors (Lipinski definition) is 0. The van der Waals surface area contributed by atoms with Crippen LogP contribution in [0.5, 0.6) is 11.5 Å². The minimum absolute atomic E-state index is 0.532. The van der Waals surface area contributed by atoms with E-state index < -0.39 is 0 Å². The molecule has 1 unspecified atom stereocenters. The van der Waals surface area contributed by atoms with Crippen molar-refractivity contribution in [3.8, 4) is 11.5 Å². The summed E-state index contributed by atoms with van der Waals surface area (Å²) < 4.78 is 11.2. The van der Waals surface area contributed by atoms with Crippen molar-refractivity contribution >= 4 is 15.9 Å². The molecule has 0 heterocycles. The van der Waals surface area contributed by atoms with Gasteiger partial charge in [0.1, 0.15) is 11.5 Å². The number of benzene rings is 2. The first-order chi connectivity index (χ1) is 10.3. The lowest BCUT2D eigenvalue weighted by Crippen LogP contribution is -2.12. The first kappa shape index (κ1) is 15.9. The van der Waals surface area contributed by atoms with Crippen LogP contribution in [0, 0.1) is 5.92 Å². The van der Waals surface area contributed by atoms with Crippen LogP contribution in [0.2, 0.25) is 0 Å². The molecular formula is C18H21BrO2. The predicted molar refractivity (Wildman–Crippen MR) is 90.5 cm³/mol. The second kappa shape index (κ2) is 8.73. The molecule has 0 aromatic heterocycles. The third-order valence-electron chi connectivity index (χ3n) is 3.46. The molecule has 0 radical (unpaired) electrons. The fraction of sp³-hybridized carbons (Fsp3) is 0.333. The monoisotopic (exact) mass is 348 g/mol. The Kier molecular flexibility index (Phi) is 6.61. The summed E-state index contributed by atoms with van der Waals surface area (Å²) >= 11 is 3.61. The van der Waals surface area contributed by atoms with Crippen molar-refractivity contribution in [3.05, 3.63) is 60.2 Å². The van der Waals surface area contributed by atoms with Crippen LogP contribution in [0.3, 0.4) is 0 Å². The van der Waals surface area contributed by atoms with Gasteiger partial charge in [0.05, 0.1) is 13.7 Å². The Morgan fingerprint density at radius 1 is 1.00 bits per heavy atom. The van der Waals surface area contributed by atoms with E-state index in [9.17, 15) is 0 Å². The van der Waals surface area contributed by atoms with E-state index in [1.54, 1.807) is 7.11 Å². The third-order valence-corrected chi connectivity index (χ3v) is 4.37. The lowest BCUT2D eigenvalue weighted by atomic mass is 9.98. The molecule has 0 amide bonds. The van der Waals surface area contributed by atoms with E-state index in [1.807, 2.05) is 42.5 Å². The number of para-hydroxylation sites is 2. The maximum absolute atomic E-state index is 5.78. The van der Waals surface area contributed by atoms with Crippen LogP contribution < -0.4 is 9.47 Å². The summed E-state index contributed by atoms with van der Waals surface area (Å²) in [4.78, 5) is 0. The number of ether oxygens (including phenoxy) is 2. The molecule has 2 nitrogen and oxygen atoms in total. The molecule has 0 bridgehead atoms. The highest BCUT2D eigenvalue weighted by Gasteiger charge is 2.11. The van der Waals surface area contributed by atoms with E-state index in [1.165, 1.54) is 5.56 Å². The van der Waals surface area contributed by atoms with Crippen LogP contribution in [0.15, 0.2) is 54.6 Å². The molecule has 21 heavy (non-hydrogen) atoms. The van der Waals surface area contributed by atoms with Gasteiger partial charge in [0.2, 0.25) is 0 Å². The van der Waals surface area contributed by atoms with Crippen LogP contribution in [-0.2, 0) is 6.42 Å². The zero-order chi connectivity index (χ0) is 14.9. The number of methoxy groups -OCH3 is 1. The molecule has 2 rings (SSSR count). The fourth-order valence-corrected chi connectivity index (χ4v) is 2.83. The molecule has 0 saturated carbocycles. The maximum atomic E-state index is 5.78. The summed E-state index contributed by atoms with van der Waals surface area (Å²) in [7, 11) is 1.72.